The van der Waals surface area contributed by atoms with Gasteiger partial charge >= 0.3 is 0 Å². The van der Waals surface area contributed by atoms with Gasteiger partial charge in [0.05, 0.1) is 5.52 Å². The van der Waals surface area contributed by atoms with Gasteiger partial charge in [0.25, 0.3) is 0 Å². The zero-order valence-electron chi connectivity index (χ0n) is 16.2. The summed E-state index contributed by atoms with van der Waals surface area (Å²) in [6.07, 6.45) is 2.36. The SMILES string of the molecule is CCN1CCCC1CN(Cc1cc2ccc(C)cc2n2nnnc12)C(C)=O. The van der Waals surface area contributed by atoms with Crippen LogP contribution in [0, 0.1) is 6.92 Å². The Bertz CT molecular complexity index is 981. The van der Waals surface area contributed by atoms with Crippen LogP contribution in [0.15, 0.2) is 24.3 Å². The van der Waals surface area contributed by atoms with Crippen molar-refractivity contribution in [2.75, 3.05) is 19.6 Å². The largest absolute Gasteiger partial charge is 0.337 e. The number of hydrogen-bond acceptors (Lipinski definition) is 5. The Morgan fingerprint density at radius 1 is 1.33 bits per heavy atom. The molecule has 1 aliphatic heterocycles. The van der Waals surface area contributed by atoms with Crippen LogP contribution in [0.25, 0.3) is 16.6 Å². The summed E-state index contributed by atoms with van der Waals surface area (Å²) in [5, 5.41) is 13.4. The normalized spacial score (nSPS) is 17.8. The lowest BCUT2D eigenvalue weighted by Crippen LogP contribution is -2.42. The van der Waals surface area contributed by atoms with Crippen LogP contribution in [0.2, 0.25) is 0 Å². The number of aryl methyl sites for hydroxylation is 1. The molecule has 1 saturated heterocycles. The molecule has 1 unspecified atom stereocenters. The third-order valence-electron chi connectivity index (χ3n) is 5.64. The van der Waals surface area contributed by atoms with Crippen LogP contribution in [-0.4, -0.2) is 61.4 Å². The van der Waals surface area contributed by atoms with E-state index in [1.54, 1.807) is 11.4 Å². The van der Waals surface area contributed by atoms with Crippen molar-refractivity contribution in [2.45, 2.75) is 46.2 Å². The average Bonchev–Trinajstić information content (AvgIpc) is 3.30. The molecule has 7 heteroatoms. The highest BCUT2D eigenvalue weighted by molar-refractivity contribution is 5.84. The van der Waals surface area contributed by atoms with E-state index in [1.807, 2.05) is 4.90 Å². The van der Waals surface area contributed by atoms with E-state index in [4.69, 9.17) is 0 Å². The topological polar surface area (TPSA) is 66.6 Å². The summed E-state index contributed by atoms with van der Waals surface area (Å²) in [5.74, 6) is 0.0904. The first-order valence-corrected chi connectivity index (χ1v) is 9.66. The fourth-order valence-electron chi connectivity index (χ4n) is 4.16. The number of benzene rings is 1. The van der Waals surface area contributed by atoms with Gasteiger partial charge in [0.1, 0.15) is 0 Å². The smallest absolute Gasteiger partial charge is 0.219 e. The van der Waals surface area contributed by atoms with Crippen molar-refractivity contribution in [3.63, 3.8) is 0 Å². The second-order valence-corrected chi connectivity index (χ2v) is 7.47. The minimum Gasteiger partial charge on any atom is -0.337 e. The summed E-state index contributed by atoms with van der Waals surface area (Å²) in [6, 6.07) is 8.81. The van der Waals surface area contributed by atoms with Crippen molar-refractivity contribution in [3.05, 3.63) is 35.4 Å². The van der Waals surface area contributed by atoms with E-state index < -0.39 is 0 Å². The molecule has 1 amide bonds. The summed E-state index contributed by atoms with van der Waals surface area (Å²) in [7, 11) is 0. The minimum absolute atomic E-state index is 0.0904. The number of carbonyl (C=O) groups is 1. The van der Waals surface area contributed by atoms with Gasteiger partial charge in [-0.05, 0) is 61.0 Å². The van der Waals surface area contributed by atoms with Gasteiger partial charge in [0.2, 0.25) is 5.91 Å². The lowest BCUT2D eigenvalue weighted by molar-refractivity contribution is -0.130. The van der Waals surface area contributed by atoms with Gasteiger partial charge in [0.15, 0.2) is 5.65 Å². The molecule has 1 aliphatic rings. The molecule has 3 aromatic rings. The number of likely N-dealkylation sites (tertiary alicyclic amines) is 1. The average molecular weight is 366 g/mol. The molecule has 3 heterocycles. The number of likely N-dealkylation sites (N-methyl/N-ethyl adjacent to an activating group) is 1. The molecule has 1 aromatic carbocycles. The molecule has 2 aromatic heterocycles. The van der Waals surface area contributed by atoms with Crippen molar-refractivity contribution in [1.82, 2.24) is 29.8 Å². The summed E-state index contributed by atoms with van der Waals surface area (Å²) >= 11 is 0. The summed E-state index contributed by atoms with van der Waals surface area (Å²) in [6.45, 7) is 9.33. The molecule has 142 valence electrons. The van der Waals surface area contributed by atoms with Gasteiger partial charge < -0.3 is 4.90 Å². The minimum atomic E-state index is 0.0904. The maximum absolute atomic E-state index is 12.4. The van der Waals surface area contributed by atoms with Gasteiger partial charge in [-0.25, -0.2) is 0 Å². The molecule has 0 radical (unpaired) electrons. The Labute approximate surface area is 158 Å². The molecule has 0 N–H and O–H groups in total. The molecule has 4 rings (SSSR count). The zero-order valence-corrected chi connectivity index (χ0v) is 16.2. The molecule has 0 saturated carbocycles. The maximum Gasteiger partial charge on any atom is 0.219 e. The van der Waals surface area contributed by atoms with Gasteiger partial charge in [-0.15, -0.1) is 5.10 Å². The van der Waals surface area contributed by atoms with Gasteiger partial charge in [0, 0.05) is 37.0 Å². The Morgan fingerprint density at radius 2 is 2.19 bits per heavy atom. The van der Waals surface area contributed by atoms with E-state index in [0.717, 1.165) is 48.2 Å². The van der Waals surface area contributed by atoms with Crippen molar-refractivity contribution in [1.29, 1.82) is 0 Å². The molecule has 7 nitrogen and oxygen atoms in total. The number of nitrogens with zero attached hydrogens (tertiary/aromatic N) is 6. The molecular weight excluding hydrogens is 340 g/mol. The first-order chi connectivity index (χ1) is 13.1. The molecule has 0 bridgehead atoms. The molecule has 0 aliphatic carbocycles. The second kappa shape index (κ2) is 7.23. The van der Waals surface area contributed by atoms with Crippen LogP contribution >= 0.6 is 0 Å². The van der Waals surface area contributed by atoms with E-state index in [1.165, 1.54) is 12.0 Å². The first kappa shape index (κ1) is 17.9. The molecule has 0 spiro atoms. The van der Waals surface area contributed by atoms with Gasteiger partial charge in [-0.1, -0.05) is 19.1 Å². The number of aromatic nitrogens is 4. The molecule has 1 atom stereocenters. The van der Waals surface area contributed by atoms with Crippen molar-refractivity contribution >= 4 is 22.5 Å². The number of tetrazole rings is 1. The third kappa shape index (κ3) is 3.39. The molecule has 27 heavy (non-hydrogen) atoms. The number of carbonyl (C=O) groups excluding carboxylic acids is 1. The van der Waals surface area contributed by atoms with E-state index in [9.17, 15) is 4.79 Å². The highest BCUT2D eigenvalue weighted by atomic mass is 16.2. The van der Waals surface area contributed by atoms with Crippen LogP contribution < -0.4 is 0 Å². The zero-order chi connectivity index (χ0) is 19.0. The Morgan fingerprint density at radius 3 is 2.96 bits per heavy atom. The predicted octanol–water partition coefficient (Wildman–Crippen LogP) is 2.42. The van der Waals surface area contributed by atoms with Crippen LogP contribution in [0.5, 0.6) is 0 Å². The Kier molecular flexibility index (Phi) is 4.78. The molecular formula is C20H26N6O. The van der Waals surface area contributed by atoms with Crippen molar-refractivity contribution < 1.29 is 4.79 Å². The Balaban J connectivity index is 1.68. The lowest BCUT2D eigenvalue weighted by Gasteiger charge is -2.29. The van der Waals surface area contributed by atoms with Crippen LogP contribution in [-0.2, 0) is 11.3 Å². The Hall–Kier alpha value is -2.54. The molecule has 1 fully saturated rings. The van der Waals surface area contributed by atoms with Crippen molar-refractivity contribution in [2.24, 2.45) is 0 Å². The lowest BCUT2D eigenvalue weighted by atomic mass is 10.1. The highest BCUT2D eigenvalue weighted by Crippen LogP contribution is 2.23. The summed E-state index contributed by atoms with van der Waals surface area (Å²) in [5.41, 5.74) is 3.85. The quantitative estimate of drug-likeness (QED) is 0.694. The second-order valence-electron chi connectivity index (χ2n) is 7.47. The number of amides is 1. The summed E-state index contributed by atoms with van der Waals surface area (Å²) < 4.78 is 1.78. The summed E-state index contributed by atoms with van der Waals surface area (Å²) in [4.78, 5) is 16.8. The fourth-order valence-corrected chi connectivity index (χ4v) is 4.16. The van der Waals surface area contributed by atoms with E-state index in [2.05, 4.69) is 58.5 Å². The number of hydrogen-bond donors (Lipinski definition) is 0. The van der Waals surface area contributed by atoms with Gasteiger partial charge in [-0.2, -0.15) is 4.52 Å². The first-order valence-electron chi connectivity index (χ1n) is 9.66. The van der Waals surface area contributed by atoms with Crippen molar-refractivity contribution in [3.8, 4) is 0 Å². The number of rotatable bonds is 5. The van der Waals surface area contributed by atoms with Gasteiger partial charge in [-0.3, -0.25) is 9.69 Å². The number of fused-ring (bicyclic) bond motifs is 3. The third-order valence-corrected chi connectivity index (χ3v) is 5.64. The highest BCUT2D eigenvalue weighted by Gasteiger charge is 2.26. The predicted molar refractivity (Wildman–Crippen MR) is 104 cm³/mol. The number of pyridine rings is 1. The maximum atomic E-state index is 12.4. The van der Waals surface area contributed by atoms with Crippen LogP contribution in [0.3, 0.4) is 0 Å². The van der Waals surface area contributed by atoms with E-state index in [0.29, 0.717) is 12.6 Å². The van der Waals surface area contributed by atoms with Crippen LogP contribution in [0.4, 0.5) is 0 Å². The van der Waals surface area contributed by atoms with E-state index >= 15 is 0 Å². The van der Waals surface area contributed by atoms with Crippen LogP contribution in [0.1, 0.15) is 37.8 Å². The standard InChI is InChI=1S/C20H26N6O/c1-4-24-9-5-6-18(24)13-25(15(3)27)12-17-11-16-8-7-14(2)10-19(16)26-20(17)21-22-23-26/h7-8,10-11,18H,4-6,9,12-13H2,1-3H3. The monoisotopic (exact) mass is 366 g/mol. The fraction of sp³-hybridized carbons (Fsp3) is 0.500. The van der Waals surface area contributed by atoms with E-state index in [-0.39, 0.29) is 5.91 Å².